The Hall–Kier alpha value is -6.05. The molecule has 0 radical (unpaired) electrons. The Morgan fingerprint density at radius 3 is 1.38 bits per heavy atom. The van der Waals surface area contributed by atoms with Gasteiger partial charge in [-0.05, 0) is 41.9 Å². The van der Waals surface area contributed by atoms with E-state index in [-0.39, 0.29) is 37.5 Å². The summed E-state index contributed by atoms with van der Waals surface area (Å²) in [5.41, 5.74) is 2.20. The highest BCUT2D eigenvalue weighted by Gasteiger charge is 2.35. The zero-order chi connectivity index (χ0) is 42.2. The average molecular weight is 796 g/mol. The van der Waals surface area contributed by atoms with Crippen molar-refractivity contribution in [1.82, 2.24) is 37.2 Å². The van der Waals surface area contributed by atoms with Gasteiger partial charge in [0.1, 0.15) is 36.3 Å². The van der Waals surface area contributed by atoms with Crippen molar-refractivity contribution in [2.75, 3.05) is 6.54 Å². The molecule has 14 nitrogen and oxygen atoms in total. The molecule has 310 valence electrons. The molecule has 1 fully saturated rings. The largest absolute Gasteiger partial charge is 0.345 e. The molecule has 1 aliphatic rings. The number of rotatable bonds is 10. The highest BCUT2D eigenvalue weighted by molar-refractivity contribution is 5.98. The highest BCUT2D eigenvalue weighted by Crippen LogP contribution is 2.13. The Kier molecular flexibility index (Phi) is 17.0. The maximum atomic E-state index is 14.2. The normalized spacial score (nSPS) is 23.8. The minimum Gasteiger partial charge on any atom is -0.345 e. The predicted molar refractivity (Wildman–Crippen MR) is 220 cm³/mol. The second-order valence-electron chi connectivity index (χ2n) is 15.3. The van der Waals surface area contributed by atoms with Gasteiger partial charge in [0.25, 0.3) is 0 Å². The van der Waals surface area contributed by atoms with Crippen LogP contribution in [0.25, 0.3) is 0 Å². The van der Waals surface area contributed by atoms with Crippen molar-refractivity contribution >= 4 is 41.4 Å². The van der Waals surface area contributed by atoms with E-state index in [0.717, 1.165) is 16.7 Å². The number of hydrogen-bond acceptors (Lipinski definition) is 7. The standard InChI is InChI=1S/C44H57N7O7/c1-6-28(4)38-44(58)50-33(22-27(2)3)42(56)49-36(25-32-20-14-9-15-21-32)43(57)48-34(23-30-16-10-7-11-17-30)40(54)45-26-37(52)47-35(24-31-18-12-8-13-19-31)41(55)46-29(5)39(53)51-38/h7-21,27-29,33-36,38H,6,22-26H2,1-5H3,(H,45,54)(H,46,55)(H,47,52)(H,48,57)(H,49,56)(H,50,58)(H,51,53)/t28-,29-,33-,34-,35-,36-,38-/m0/s1. The molecule has 1 saturated heterocycles. The molecule has 0 spiro atoms. The number of carbonyl (C=O) groups is 7. The number of benzene rings is 3. The number of hydrogen-bond donors (Lipinski definition) is 7. The summed E-state index contributed by atoms with van der Waals surface area (Å²) in [6, 6.07) is 20.3. The Balaban J connectivity index is 1.74. The Morgan fingerprint density at radius 1 is 0.500 bits per heavy atom. The summed E-state index contributed by atoms with van der Waals surface area (Å²) >= 11 is 0. The summed E-state index contributed by atoms with van der Waals surface area (Å²) in [5, 5.41) is 19.2. The van der Waals surface area contributed by atoms with Crippen molar-refractivity contribution in [2.45, 2.75) is 103 Å². The first-order valence-electron chi connectivity index (χ1n) is 19.9. The zero-order valence-electron chi connectivity index (χ0n) is 33.9. The van der Waals surface area contributed by atoms with Crippen LogP contribution in [-0.2, 0) is 52.8 Å². The lowest BCUT2D eigenvalue weighted by Crippen LogP contribution is -2.60. The maximum absolute atomic E-state index is 14.2. The van der Waals surface area contributed by atoms with E-state index < -0.39 is 84.1 Å². The fraction of sp³-hybridized carbons (Fsp3) is 0.432. The van der Waals surface area contributed by atoms with E-state index in [9.17, 15) is 33.6 Å². The fourth-order valence-corrected chi connectivity index (χ4v) is 6.58. The molecule has 7 amide bonds. The van der Waals surface area contributed by atoms with E-state index >= 15 is 0 Å². The van der Waals surface area contributed by atoms with Gasteiger partial charge in [0, 0.05) is 19.3 Å². The van der Waals surface area contributed by atoms with Gasteiger partial charge in [-0.1, -0.05) is 125 Å². The van der Waals surface area contributed by atoms with Gasteiger partial charge in [0.05, 0.1) is 6.54 Å². The van der Waals surface area contributed by atoms with Gasteiger partial charge >= 0.3 is 0 Å². The quantitative estimate of drug-likeness (QED) is 0.162. The molecule has 4 rings (SSSR count). The smallest absolute Gasteiger partial charge is 0.243 e. The molecular formula is C44H57N7O7. The second kappa shape index (κ2) is 22.0. The Bertz CT molecular complexity index is 1860. The van der Waals surface area contributed by atoms with Crippen LogP contribution in [0.4, 0.5) is 0 Å². The Labute approximate surface area is 340 Å². The van der Waals surface area contributed by atoms with Crippen molar-refractivity contribution < 1.29 is 33.6 Å². The van der Waals surface area contributed by atoms with Gasteiger partial charge < -0.3 is 37.2 Å². The second-order valence-corrected chi connectivity index (χ2v) is 15.3. The van der Waals surface area contributed by atoms with Crippen LogP contribution in [0.5, 0.6) is 0 Å². The van der Waals surface area contributed by atoms with E-state index in [1.54, 1.807) is 67.6 Å². The molecule has 0 saturated carbocycles. The number of amides is 7. The first-order chi connectivity index (χ1) is 27.7. The van der Waals surface area contributed by atoms with Crippen molar-refractivity contribution in [2.24, 2.45) is 11.8 Å². The molecule has 0 aliphatic carbocycles. The lowest BCUT2D eigenvalue weighted by atomic mass is 9.96. The highest BCUT2D eigenvalue weighted by atomic mass is 16.2. The number of carbonyl (C=O) groups excluding carboxylic acids is 7. The van der Waals surface area contributed by atoms with Crippen LogP contribution < -0.4 is 37.2 Å². The molecule has 1 aliphatic heterocycles. The fourth-order valence-electron chi connectivity index (χ4n) is 6.58. The third kappa shape index (κ3) is 13.9. The van der Waals surface area contributed by atoms with Gasteiger partial charge in [-0.2, -0.15) is 0 Å². The van der Waals surface area contributed by atoms with Crippen LogP contribution in [0.3, 0.4) is 0 Å². The topological polar surface area (TPSA) is 204 Å². The zero-order valence-corrected chi connectivity index (χ0v) is 33.9. The SMILES string of the molecule is CC[C@H](C)[C@@H]1NC(=O)[C@H](C)NC(=O)[C@H](Cc2ccccc2)NC(=O)CNC(=O)[C@H](Cc2ccccc2)NC(=O)[C@H](Cc2ccccc2)NC(=O)[C@H](CC(C)C)NC1=O. The van der Waals surface area contributed by atoms with E-state index in [1.807, 2.05) is 51.1 Å². The molecule has 0 bridgehead atoms. The molecule has 0 unspecified atom stereocenters. The van der Waals surface area contributed by atoms with Crippen LogP contribution in [0.2, 0.25) is 0 Å². The van der Waals surface area contributed by atoms with E-state index in [4.69, 9.17) is 0 Å². The van der Waals surface area contributed by atoms with Crippen LogP contribution in [0.1, 0.15) is 64.2 Å². The summed E-state index contributed by atoms with van der Waals surface area (Å²) in [6.45, 7) is 8.38. The molecule has 58 heavy (non-hydrogen) atoms. The summed E-state index contributed by atoms with van der Waals surface area (Å²) in [7, 11) is 0. The van der Waals surface area contributed by atoms with Gasteiger partial charge in [0.2, 0.25) is 41.4 Å². The summed E-state index contributed by atoms with van der Waals surface area (Å²) in [5.74, 6) is -4.97. The number of nitrogens with one attached hydrogen (secondary N) is 7. The van der Waals surface area contributed by atoms with Crippen LogP contribution in [0, 0.1) is 11.8 Å². The van der Waals surface area contributed by atoms with Crippen molar-refractivity contribution in [3.05, 3.63) is 108 Å². The van der Waals surface area contributed by atoms with Gasteiger partial charge in [0.15, 0.2) is 0 Å². The van der Waals surface area contributed by atoms with Gasteiger partial charge in [-0.25, -0.2) is 0 Å². The monoisotopic (exact) mass is 795 g/mol. The molecular weight excluding hydrogens is 739 g/mol. The van der Waals surface area contributed by atoms with Gasteiger partial charge in [-0.3, -0.25) is 33.6 Å². The maximum Gasteiger partial charge on any atom is 0.243 e. The van der Waals surface area contributed by atoms with E-state index in [2.05, 4.69) is 37.2 Å². The lowest BCUT2D eigenvalue weighted by Gasteiger charge is -2.29. The first-order valence-corrected chi connectivity index (χ1v) is 19.9. The minimum absolute atomic E-state index is 0.0575. The average Bonchev–Trinajstić information content (AvgIpc) is 3.21. The molecule has 0 aromatic heterocycles. The molecule has 14 heteroatoms. The third-order valence-corrected chi connectivity index (χ3v) is 10.1. The Morgan fingerprint density at radius 2 is 0.914 bits per heavy atom. The van der Waals surface area contributed by atoms with Crippen molar-refractivity contribution in [3.8, 4) is 0 Å². The molecule has 3 aromatic carbocycles. The summed E-state index contributed by atoms with van der Waals surface area (Å²) < 4.78 is 0. The molecule has 7 N–H and O–H groups in total. The summed E-state index contributed by atoms with van der Waals surface area (Å²) in [6.07, 6.45) is 0.921. The van der Waals surface area contributed by atoms with Crippen LogP contribution in [-0.4, -0.2) is 84.1 Å². The molecule has 1 heterocycles. The summed E-state index contributed by atoms with van der Waals surface area (Å²) in [4.78, 5) is 96.9. The van der Waals surface area contributed by atoms with E-state index in [1.165, 1.54) is 6.92 Å². The minimum atomic E-state index is -1.17. The van der Waals surface area contributed by atoms with Gasteiger partial charge in [-0.15, -0.1) is 0 Å². The predicted octanol–water partition coefficient (Wildman–Crippen LogP) is 1.87. The van der Waals surface area contributed by atoms with Crippen LogP contribution in [0.15, 0.2) is 91.0 Å². The van der Waals surface area contributed by atoms with Crippen molar-refractivity contribution in [3.63, 3.8) is 0 Å². The molecule has 7 atom stereocenters. The van der Waals surface area contributed by atoms with Crippen molar-refractivity contribution in [1.29, 1.82) is 0 Å². The first kappa shape index (κ1) is 44.7. The van der Waals surface area contributed by atoms with Crippen LogP contribution >= 0.6 is 0 Å². The van der Waals surface area contributed by atoms with E-state index in [0.29, 0.717) is 6.42 Å². The lowest BCUT2D eigenvalue weighted by molar-refractivity contribution is -0.136. The third-order valence-electron chi connectivity index (χ3n) is 10.1. The molecule has 3 aromatic rings.